The fourth-order valence-electron chi connectivity index (χ4n) is 4.01. The molecule has 0 unspecified atom stereocenters. The third-order valence-electron chi connectivity index (χ3n) is 5.74. The third-order valence-corrected chi connectivity index (χ3v) is 5.74. The highest BCUT2D eigenvalue weighted by molar-refractivity contribution is 5.38. The zero-order chi connectivity index (χ0) is 21.8. The van der Waals surface area contributed by atoms with Crippen LogP contribution >= 0.6 is 0 Å². The molecule has 6 nitrogen and oxygen atoms in total. The van der Waals surface area contributed by atoms with Crippen LogP contribution in [0.25, 0.3) is 0 Å². The van der Waals surface area contributed by atoms with Gasteiger partial charge in [0.25, 0.3) is 0 Å². The molecule has 0 saturated carbocycles. The van der Waals surface area contributed by atoms with Gasteiger partial charge in [-0.3, -0.25) is 9.80 Å². The molecular weight excluding hydrogens is 392 g/mol. The van der Waals surface area contributed by atoms with Crippen LogP contribution in [0.5, 0.6) is 11.5 Å². The zero-order valence-electron chi connectivity index (χ0n) is 19.1. The van der Waals surface area contributed by atoms with Crippen LogP contribution in [0.1, 0.15) is 36.1 Å². The zero-order valence-corrected chi connectivity index (χ0v) is 19.1. The van der Waals surface area contributed by atoms with Gasteiger partial charge in [-0.15, -0.1) is 0 Å². The van der Waals surface area contributed by atoms with Crippen LogP contribution in [0.2, 0.25) is 0 Å². The van der Waals surface area contributed by atoms with Crippen molar-refractivity contribution < 1.29 is 18.9 Å². The molecule has 4 rings (SSSR count). The van der Waals surface area contributed by atoms with Gasteiger partial charge < -0.3 is 18.9 Å². The predicted octanol–water partition coefficient (Wildman–Crippen LogP) is 4.08. The first kappa shape index (κ1) is 22.1. The number of aryl methyl sites for hydroxylation is 2. The molecular formula is C25H34N2O4. The number of rotatable bonds is 8. The Hall–Kier alpha value is -2.12. The van der Waals surface area contributed by atoms with Crippen LogP contribution < -0.4 is 9.47 Å². The van der Waals surface area contributed by atoms with Gasteiger partial charge >= 0.3 is 0 Å². The summed E-state index contributed by atoms with van der Waals surface area (Å²) in [4.78, 5) is 4.50. The van der Waals surface area contributed by atoms with E-state index in [2.05, 4.69) is 60.0 Å². The normalized spacial score (nSPS) is 16.9. The molecule has 0 N–H and O–H groups in total. The van der Waals surface area contributed by atoms with Gasteiger partial charge in [0, 0.05) is 37.3 Å². The van der Waals surface area contributed by atoms with E-state index in [1.165, 1.54) is 22.3 Å². The quantitative estimate of drug-likeness (QED) is 0.593. The van der Waals surface area contributed by atoms with Crippen molar-refractivity contribution in [3.8, 4) is 11.5 Å². The maximum absolute atomic E-state index is 6.04. The van der Waals surface area contributed by atoms with Crippen molar-refractivity contribution in [2.45, 2.75) is 46.6 Å². The minimum Gasteiger partial charge on any atom is -0.478 e. The number of fused-ring (bicyclic) bond motifs is 2. The molecule has 6 heteroatoms. The largest absolute Gasteiger partial charge is 0.478 e. The number of hydrogen-bond acceptors (Lipinski definition) is 6. The number of nitrogens with zero attached hydrogens (tertiary/aromatic N) is 2. The maximum Gasteiger partial charge on any atom is 0.162 e. The van der Waals surface area contributed by atoms with E-state index in [4.69, 9.17) is 18.9 Å². The highest BCUT2D eigenvalue weighted by atomic mass is 16.7. The van der Waals surface area contributed by atoms with E-state index in [1.807, 2.05) is 13.8 Å². The molecule has 0 bridgehead atoms. The molecule has 168 valence electrons. The first-order valence-electron chi connectivity index (χ1n) is 11.1. The van der Waals surface area contributed by atoms with Crippen molar-refractivity contribution in [1.29, 1.82) is 0 Å². The molecule has 2 aliphatic heterocycles. The lowest BCUT2D eigenvalue weighted by Crippen LogP contribution is -2.39. The monoisotopic (exact) mass is 426 g/mol. The maximum atomic E-state index is 6.04. The lowest BCUT2D eigenvalue weighted by atomic mass is 10.1. The minimum absolute atomic E-state index is 0.594. The van der Waals surface area contributed by atoms with Crippen LogP contribution in [0.4, 0.5) is 0 Å². The molecule has 0 aromatic heterocycles. The topological polar surface area (TPSA) is 43.4 Å². The van der Waals surface area contributed by atoms with Crippen molar-refractivity contribution in [3.63, 3.8) is 0 Å². The standard InChI is InChI=1S/C25H34N2O4/c1-19-5-7-23-21(13-19)15-26(17-28-23)9-11-30-25(3,4)31-12-10-27-16-22-14-20(2)6-8-24(22)29-18-27/h5-8,13-14H,9-12,15-18H2,1-4H3. The number of hydrogen-bond donors (Lipinski definition) is 0. The van der Waals surface area contributed by atoms with Crippen LogP contribution in [-0.4, -0.2) is 55.4 Å². The number of ether oxygens (including phenoxy) is 4. The van der Waals surface area contributed by atoms with Gasteiger partial charge in [-0.25, -0.2) is 0 Å². The SMILES string of the molecule is Cc1ccc2c(c1)CN(CCOC(C)(C)OCCN1COc3ccc(C)cc3C1)CO2. The average molecular weight is 427 g/mol. The second-order valence-corrected chi connectivity index (χ2v) is 8.97. The van der Waals surface area contributed by atoms with E-state index in [0.29, 0.717) is 26.7 Å². The Labute approximate surface area is 185 Å². The third kappa shape index (κ3) is 5.98. The van der Waals surface area contributed by atoms with E-state index in [-0.39, 0.29) is 0 Å². The van der Waals surface area contributed by atoms with Crippen molar-refractivity contribution in [2.24, 2.45) is 0 Å². The van der Waals surface area contributed by atoms with E-state index in [1.54, 1.807) is 0 Å². The lowest BCUT2D eigenvalue weighted by molar-refractivity contribution is -0.217. The second-order valence-electron chi connectivity index (χ2n) is 8.97. The molecule has 31 heavy (non-hydrogen) atoms. The summed E-state index contributed by atoms with van der Waals surface area (Å²) in [6.07, 6.45) is 0. The molecule has 2 heterocycles. The van der Waals surface area contributed by atoms with Crippen LogP contribution in [0, 0.1) is 13.8 Å². The Morgan fingerprint density at radius 2 is 1.23 bits per heavy atom. The first-order valence-corrected chi connectivity index (χ1v) is 11.1. The Morgan fingerprint density at radius 1 is 0.774 bits per heavy atom. The van der Waals surface area contributed by atoms with Gasteiger partial charge in [0.1, 0.15) is 25.0 Å². The highest BCUT2D eigenvalue weighted by Crippen LogP contribution is 2.27. The molecule has 0 radical (unpaired) electrons. The summed E-state index contributed by atoms with van der Waals surface area (Å²) in [7, 11) is 0. The fraction of sp³-hybridized carbons (Fsp3) is 0.520. The van der Waals surface area contributed by atoms with Crippen molar-refractivity contribution in [2.75, 3.05) is 39.8 Å². The van der Waals surface area contributed by atoms with Crippen molar-refractivity contribution in [1.82, 2.24) is 9.80 Å². The first-order chi connectivity index (χ1) is 14.9. The molecule has 0 saturated heterocycles. The molecule has 2 aromatic carbocycles. The van der Waals surface area contributed by atoms with Gasteiger partial charge in [0.2, 0.25) is 0 Å². The Bertz CT molecular complexity index is 828. The van der Waals surface area contributed by atoms with Crippen molar-refractivity contribution in [3.05, 3.63) is 58.7 Å². The fourth-order valence-corrected chi connectivity index (χ4v) is 4.01. The molecule has 0 atom stereocenters. The van der Waals surface area contributed by atoms with Crippen molar-refractivity contribution >= 4 is 0 Å². The predicted molar refractivity (Wildman–Crippen MR) is 120 cm³/mol. The van der Waals surface area contributed by atoms with Gasteiger partial charge in [-0.1, -0.05) is 35.4 Å². The number of benzene rings is 2. The van der Waals surface area contributed by atoms with E-state index in [9.17, 15) is 0 Å². The average Bonchev–Trinajstić information content (AvgIpc) is 2.73. The second kappa shape index (κ2) is 9.57. The minimum atomic E-state index is -0.629. The summed E-state index contributed by atoms with van der Waals surface area (Å²) in [6.45, 7) is 13.9. The summed E-state index contributed by atoms with van der Waals surface area (Å²) >= 11 is 0. The summed E-state index contributed by atoms with van der Waals surface area (Å²) < 4.78 is 23.8. The van der Waals surface area contributed by atoms with E-state index >= 15 is 0 Å². The lowest BCUT2D eigenvalue weighted by Gasteiger charge is -2.32. The molecule has 0 spiro atoms. The Balaban J connectivity index is 1.16. The van der Waals surface area contributed by atoms with Gasteiger partial charge in [0.15, 0.2) is 5.79 Å². The summed E-state index contributed by atoms with van der Waals surface area (Å²) in [5.41, 5.74) is 4.99. The Kier molecular flexibility index (Phi) is 6.82. The molecule has 0 amide bonds. The molecule has 0 fully saturated rings. The van der Waals surface area contributed by atoms with Gasteiger partial charge in [-0.2, -0.15) is 0 Å². The van der Waals surface area contributed by atoms with E-state index < -0.39 is 5.79 Å². The Morgan fingerprint density at radius 3 is 1.68 bits per heavy atom. The molecule has 2 aliphatic rings. The van der Waals surface area contributed by atoms with Gasteiger partial charge in [0.05, 0.1) is 13.2 Å². The molecule has 2 aromatic rings. The van der Waals surface area contributed by atoms with Crippen LogP contribution in [0.3, 0.4) is 0 Å². The highest BCUT2D eigenvalue weighted by Gasteiger charge is 2.23. The van der Waals surface area contributed by atoms with Gasteiger partial charge in [-0.05, 0) is 39.8 Å². The summed E-state index contributed by atoms with van der Waals surface area (Å²) in [5.74, 6) is 1.35. The molecule has 0 aliphatic carbocycles. The summed E-state index contributed by atoms with van der Waals surface area (Å²) in [6, 6.07) is 12.7. The van der Waals surface area contributed by atoms with E-state index in [0.717, 1.165) is 37.7 Å². The van der Waals surface area contributed by atoms with Crippen LogP contribution in [-0.2, 0) is 22.6 Å². The smallest absolute Gasteiger partial charge is 0.162 e. The summed E-state index contributed by atoms with van der Waals surface area (Å²) in [5, 5.41) is 0. The van der Waals surface area contributed by atoms with Crippen LogP contribution in [0.15, 0.2) is 36.4 Å².